The van der Waals surface area contributed by atoms with Crippen LogP contribution in [0.5, 0.6) is 11.5 Å². The number of benzene rings is 2. The second-order valence-corrected chi connectivity index (χ2v) is 7.82. The second-order valence-electron chi connectivity index (χ2n) is 7.82. The van der Waals surface area contributed by atoms with Crippen LogP contribution in [-0.4, -0.2) is 36.8 Å². The zero-order valence-electron chi connectivity index (χ0n) is 17.2. The maximum Gasteiger partial charge on any atom is 0.258 e. The maximum atomic E-state index is 13.8. The Morgan fingerprint density at radius 2 is 1.72 bits per heavy atom. The van der Waals surface area contributed by atoms with Crippen molar-refractivity contribution in [2.45, 2.75) is 13.5 Å². The molecule has 0 amide bonds. The van der Waals surface area contributed by atoms with Crippen LogP contribution in [0.2, 0.25) is 0 Å². The van der Waals surface area contributed by atoms with Crippen molar-refractivity contribution in [3.63, 3.8) is 0 Å². The Hall–Kier alpha value is -2.86. The van der Waals surface area contributed by atoms with Gasteiger partial charge in [0.05, 0.1) is 25.2 Å². The third-order valence-electron chi connectivity index (χ3n) is 5.53. The number of ether oxygens (including phenoxy) is 2. The highest BCUT2D eigenvalue weighted by molar-refractivity contribution is 5.99. The number of aryl methyl sites for hydroxylation is 1. The van der Waals surface area contributed by atoms with E-state index in [1.807, 2.05) is 12.1 Å². The summed E-state index contributed by atoms with van der Waals surface area (Å²) in [6, 6.07) is 8.31. The normalized spacial score (nSPS) is 14.8. The standard InChI is InChI=1S/C23H25FN2O3/c1-14-10-26(11-14)12-15-7-20(28-3)22(21(8-15)29-4)19-13-25(2)23(27)18-9-16(24)5-6-17(18)19/h5-9,13-14H,10-12H2,1-4H3. The summed E-state index contributed by atoms with van der Waals surface area (Å²) in [5.41, 5.74) is 2.38. The second kappa shape index (κ2) is 7.52. The number of hydrogen-bond acceptors (Lipinski definition) is 4. The van der Waals surface area contributed by atoms with Crippen molar-refractivity contribution >= 4 is 10.8 Å². The average Bonchev–Trinajstić information content (AvgIpc) is 2.69. The maximum absolute atomic E-state index is 13.8. The molecule has 1 fully saturated rings. The molecule has 0 atom stereocenters. The summed E-state index contributed by atoms with van der Waals surface area (Å²) in [5, 5.41) is 0.989. The van der Waals surface area contributed by atoms with Gasteiger partial charge in [-0.05, 0) is 41.1 Å². The number of rotatable bonds is 5. The molecule has 29 heavy (non-hydrogen) atoms. The van der Waals surface area contributed by atoms with Crippen molar-refractivity contribution in [3.05, 3.63) is 58.3 Å². The third-order valence-corrected chi connectivity index (χ3v) is 5.53. The van der Waals surface area contributed by atoms with E-state index in [4.69, 9.17) is 9.47 Å². The lowest BCUT2D eigenvalue weighted by Gasteiger charge is -2.37. The molecule has 4 rings (SSSR count). The van der Waals surface area contributed by atoms with Crippen molar-refractivity contribution in [1.29, 1.82) is 0 Å². The zero-order chi connectivity index (χ0) is 20.7. The Bertz CT molecular complexity index is 1110. The van der Waals surface area contributed by atoms with Gasteiger partial charge in [-0.2, -0.15) is 0 Å². The Labute approximate surface area is 169 Å². The molecule has 6 heteroatoms. The van der Waals surface area contributed by atoms with Crippen molar-refractivity contribution in [1.82, 2.24) is 9.47 Å². The van der Waals surface area contributed by atoms with Crippen LogP contribution < -0.4 is 15.0 Å². The molecular weight excluding hydrogens is 371 g/mol. The minimum atomic E-state index is -0.440. The third kappa shape index (κ3) is 3.49. The summed E-state index contributed by atoms with van der Waals surface area (Å²) >= 11 is 0. The van der Waals surface area contributed by atoms with E-state index in [9.17, 15) is 9.18 Å². The number of pyridine rings is 1. The largest absolute Gasteiger partial charge is 0.496 e. The predicted molar refractivity (Wildman–Crippen MR) is 112 cm³/mol. The van der Waals surface area contributed by atoms with Crippen LogP contribution in [0.15, 0.2) is 41.3 Å². The molecule has 1 aliphatic rings. The van der Waals surface area contributed by atoms with Gasteiger partial charge in [-0.15, -0.1) is 0 Å². The Morgan fingerprint density at radius 3 is 2.31 bits per heavy atom. The molecule has 0 unspecified atom stereocenters. The SMILES string of the molecule is COc1cc(CN2CC(C)C2)cc(OC)c1-c1cn(C)c(=O)c2cc(F)ccc12. The highest BCUT2D eigenvalue weighted by Gasteiger charge is 2.24. The highest BCUT2D eigenvalue weighted by atomic mass is 19.1. The van der Waals surface area contributed by atoms with Crippen LogP contribution in [0, 0.1) is 11.7 Å². The minimum absolute atomic E-state index is 0.246. The molecule has 5 nitrogen and oxygen atoms in total. The molecule has 2 heterocycles. The lowest BCUT2D eigenvalue weighted by atomic mass is 9.96. The molecule has 1 aromatic heterocycles. The fourth-order valence-electron chi connectivity index (χ4n) is 4.18. The van der Waals surface area contributed by atoms with E-state index in [1.54, 1.807) is 33.5 Å². The molecular formula is C23H25FN2O3. The molecule has 0 bridgehead atoms. The summed E-state index contributed by atoms with van der Waals surface area (Å²) in [4.78, 5) is 14.9. The Balaban J connectivity index is 1.90. The average molecular weight is 396 g/mol. The first-order chi connectivity index (χ1) is 13.9. The topological polar surface area (TPSA) is 43.7 Å². The quantitative estimate of drug-likeness (QED) is 0.658. The molecule has 1 aliphatic heterocycles. The number of methoxy groups -OCH3 is 2. The predicted octanol–water partition coefficient (Wildman–Crippen LogP) is 3.81. The van der Waals surface area contributed by atoms with Crippen molar-refractivity contribution in [3.8, 4) is 22.6 Å². The van der Waals surface area contributed by atoms with Gasteiger partial charge >= 0.3 is 0 Å². The van der Waals surface area contributed by atoms with Crippen LogP contribution >= 0.6 is 0 Å². The van der Waals surface area contributed by atoms with Crippen LogP contribution in [0.3, 0.4) is 0 Å². The van der Waals surface area contributed by atoms with Gasteiger partial charge in [0.2, 0.25) is 0 Å². The fourth-order valence-corrected chi connectivity index (χ4v) is 4.18. The molecule has 0 spiro atoms. The molecule has 152 valence electrons. The first-order valence-electron chi connectivity index (χ1n) is 9.67. The van der Waals surface area contributed by atoms with Crippen molar-refractivity contribution in [2.75, 3.05) is 27.3 Å². The van der Waals surface area contributed by atoms with Gasteiger partial charge in [0, 0.05) is 38.4 Å². The summed E-state index contributed by atoms with van der Waals surface area (Å²) in [5.74, 6) is 1.62. The van der Waals surface area contributed by atoms with E-state index in [-0.39, 0.29) is 5.56 Å². The highest BCUT2D eigenvalue weighted by Crippen LogP contribution is 2.42. The van der Waals surface area contributed by atoms with Gasteiger partial charge in [-0.3, -0.25) is 9.69 Å². The van der Waals surface area contributed by atoms with E-state index in [0.29, 0.717) is 22.3 Å². The van der Waals surface area contributed by atoms with Crippen LogP contribution in [0.4, 0.5) is 4.39 Å². The van der Waals surface area contributed by atoms with Crippen molar-refractivity contribution < 1.29 is 13.9 Å². The van der Waals surface area contributed by atoms with Gasteiger partial charge in [-0.1, -0.05) is 13.0 Å². The summed E-state index contributed by atoms with van der Waals surface area (Å²) in [7, 11) is 4.91. The molecule has 0 saturated carbocycles. The number of aromatic nitrogens is 1. The summed E-state index contributed by atoms with van der Waals surface area (Å²) < 4.78 is 26.7. The van der Waals surface area contributed by atoms with Gasteiger partial charge in [0.15, 0.2) is 0 Å². The minimum Gasteiger partial charge on any atom is -0.496 e. The summed E-state index contributed by atoms with van der Waals surface area (Å²) in [6.45, 7) is 5.25. The number of nitrogens with zero attached hydrogens (tertiary/aromatic N) is 2. The Morgan fingerprint density at radius 1 is 1.07 bits per heavy atom. The van der Waals surface area contributed by atoms with Gasteiger partial charge in [-0.25, -0.2) is 4.39 Å². The number of likely N-dealkylation sites (tertiary alicyclic amines) is 1. The van der Waals surface area contributed by atoms with E-state index in [1.165, 1.54) is 16.7 Å². The van der Waals surface area contributed by atoms with Crippen molar-refractivity contribution in [2.24, 2.45) is 13.0 Å². The number of fused-ring (bicyclic) bond motifs is 1. The van der Waals surface area contributed by atoms with Gasteiger partial charge in [0.1, 0.15) is 17.3 Å². The number of halogens is 1. The fraction of sp³-hybridized carbons (Fsp3) is 0.348. The Kier molecular flexibility index (Phi) is 5.04. The van der Waals surface area contributed by atoms with E-state index in [0.717, 1.165) is 42.2 Å². The first kappa shape index (κ1) is 19.5. The van der Waals surface area contributed by atoms with E-state index >= 15 is 0 Å². The van der Waals surface area contributed by atoms with Gasteiger partial charge in [0.25, 0.3) is 5.56 Å². The molecule has 1 saturated heterocycles. The van der Waals surface area contributed by atoms with Gasteiger partial charge < -0.3 is 14.0 Å². The molecule has 0 aliphatic carbocycles. The molecule has 0 radical (unpaired) electrons. The lowest BCUT2D eigenvalue weighted by molar-refractivity contribution is 0.105. The lowest BCUT2D eigenvalue weighted by Crippen LogP contribution is -2.44. The van der Waals surface area contributed by atoms with E-state index in [2.05, 4.69) is 11.8 Å². The van der Waals surface area contributed by atoms with E-state index < -0.39 is 5.82 Å². The molecule has 2 aromatic carbocycles. The first-order valence-corrected chi connectivity index (χ1v) is 9.67. The molecule has 0 N–H and O–H groups in total. The van der Waals surface area contributed by atoms with Crippen LogP contribution in [-0.2, 0) is 13.6 Å². The zero-order valence-corrected chi connectivity index (χ0v) is 17.2. The van der Waals surface area contributed by atoms with Crippen LogP contribution in [0.25, 0.3) is 21.9 Å². The number of hydrogen-bond donors (Lipinski definition) is 0. The van der Waals surface area contributed by atoms with Crippen LogP contribution in [0.1, 0.15) is 12.5 Å². The smallest absolute Gasteiger partial charge is 0.258 e. The summed E-state index contributed by atoms with van der Waals surface area (Å²) in [6.07, 6.45) is 1.75. The monoisotopic (exact) mass is 396 g/mol. The molecule has 3 aromatic rings.